The van der Waals surface area contributed by atoms with Gasteiger partial charge in [-0.05, 0) is 38.1 Å². The summed E-state index contributed by atoms with van der Waals surface area (Å²) in [6.07, 6.45) is 5.19. The fourth-order valence-corrected chi connectivity index (χ4v) is 4.66. The number of hydrogen-bond donors (Lipinski definition) is 0. The van der Waals surface area contributed by atoms with Crippen molar-refractivity contribution < 1.29 is 4.74 Å². The average Bonchev–Trinajstić information content (AvgIpc) is 3.32. The van der Waals surface area contributed by atoms with Crippen molar-refractivity contribution in [3.05, 3.63) is 41.1 Å². The van der Waals surface area contributed by atoms with Crippen LogP contribution in [0.15, 0.2) is 18.3 Å². The van der Waals surface area contributed by atoms with E-state index in [1.54, 1.807) is 0 Å². The summed E-state index contributed by atoms with van der Waals surface area (Å²) in [6.45, 7) is 10.3. The fourth-order valence-electron chi connectivity index (χ4n) is 4.66. The van der Waals surface area contributed by atoms with Crippen LogP contribution in [-0.2, 0) is 23.6 Å². The molecule has 3 aromatic rings. The zero-order valence-corrected chi connectivity index (χ0v) is 18.4. The third kappa shape index (κ3) is 3.52. The molecule has 2 aliphatic rings. The topological polar surface area (TPSA) is 73.4 Å². The maximum atomic E-state index is 6.09. The molecule has 0 radical (unpaired) electrons. The van der Waals surface area contributed by atoms with Crippen LogP contribution in [0.3, 0.4) is 0 Å². The number of piperidine rings is 1. The number of aryl methyl sites for hydroxylation is 1. The van der Waals surface area contributed by atoms with Crippen LogP contribution < -0.4 is 0 Å². The Kier molecular flexibility index (Phi) is 4.86. The molecular weight excluding hydrogens is 378 g/mol. The minimum Gasteiger partial charge on any atom is -0.372 e. The monoisotopic (exact) mass is 409 g/mol. The Bertz CT molecular complexity index is 1040. The predicted octanol–water partition coefficient (Wildman–Crippen LogP) is 2.65. The molecule has 1 fully saturated rings. The third-order valence-electron chi connectivity index (χ3n) is 6.53. The zero-order chi connectivity index (χ0) is 20.9. The molecular formula is C22H31N7O. The molecule has 5 rings (SSSR count). The van der Waals surface area contributed by atoms with Gasteiger partial charge in [-0.2, -0.15) is 14.7 Å². The summed E-state index contributed by atoms with van der Waals surface area (Å²) >= 11 is 0. The Balaban J connectivity index is 1.28. The molecule has 5 heterocycles. The smallest absolute Gasteiger partial charge is 0.177 e. The second-order valence-electron chi connectivity index (χ2n) is 9.65. The summed E-state index contributed by atoms with van der Waals surface area (Å²) < 4.78 is 10.0. The van der Waals surface area contributed by atoms with E-state index in [1.165, 1.54) is 11.3 Å². The van der Waals surface area contributed by atoms with Gasteiger partial charge >= 0.3 is 0 Å². The van der Waals surface area contributed by atoms with Crippen LogP contribution in [0.2, 0.25) is 0 Å². The number of rotatable bonds is 3. The summed E-state index contributed by atoms with van der Waals surface area (Å²) in [6, 6.07) is 4.10. The molecule has 3 aromatic heterocycles. The van der Waals surface area contributed by atoms with Crippen molar-refractivity contribution in [1.29, 1.82) is 0 Å². The van der Waals surface area contributed by atoms with Crippen LogP contribution in [0.4, 0.5) is 0 Å². The Labute approximate surface area is 177 Å². The average molecular weight is 410 g/mol. The fraction of sp³-hybridized carbons (Fsp3) is 0.636. The normalized spacial score (nSPS) is 21.3. The van der Waals surface area contributed by atoms with Crippen LogP contribution in [-0.4, -0.2) is 60.7 Å². The highest BCUT2D eigenvalue weighted by Crippen LogP contribution is 2.31. The predicted molar refractivity (Wildman–Crippen MR) is 114 cm³/mol. The van der Waals surface area contributed by atoms with E-state index in [1.807, 2.05) is 28.5 Å². The first-order valence-corrected chi connectivity index (χ1v) is 11.0. The minimum atomic E-state index is 0.00421. The molecule has 8 heteroatoms. The highest BCUT2D eigenvalue weighted by atomic mass is 16.5. The van der Waals surface area contributed by atoms with Crippen molar-refractivity contribution in [2.75, 3.05) is 26.2 Å². The van der Waals surface area contributed by atoms with E-state index >= 15 is 0 Å². The molecule has 8 nitrogen and oxygen atoms in total. The van der Waals surface area contributed by atoms with Crippen molar-refractivity contribution in [2.24, 2.45) is 7.05 Å². The Hall–Kier alpha value is -2.32. The lowest BCUT2D eigenvalue weighted by Gasteiger charge is -2.34. The second-order valence-corrected chi connectivity index (χ2v) is 9.65. The van der Waals surface area contributed by atoms with Gasteiger partial charge in [-0.15, -0.1) is 10.2 Å². The second kappa shape index (κ2) is 7.42. The number of hydrogen-bond acceptors (Lipinski definition) is 6. The van der Waals surface area contributed by atoms with Crippen LogP contribution >= 0.6 is 0 Å². The summed E-state index contributed by atoms with van der Waals surface area (Å²) in [4.78, 5) is 2.51. The molecule has 0 N–H and O–H groups in total. The van der Waals surface area contributed by atoms with Crippen LogP contribution in [0, 0.1) is 0 Å². The zero-order valence-electron chi connectivity index (χ0n) is 18.4. The van der Waals surface area contributed by atoms with Crippen molar-refractivity contribution in [3.8, 4) is 0 Å². The summed E-state index contributed by atoms with van der Waals surface area (Å²) in [5.74, 6) is 1.39. The van der Waals surface area contributed by atoms with Crippen molar-refractivity contribution >= 4 is 5.65 Å². The van der Waals surface area contributed by atoms with Crippen molar-refractivity contribution in [3.63, 3.8) is 0 Å². The lowest BCUT2D eigenvalue weighted by Crippen LogP contribution is -2.38. The SMILES string of the molecule is Cn1ncc2c1CCOC2CN1CCC(c2nnc3ccc(C(C)(C)C)nn23)CC1. The van der Waals surface area contributed by atoms with Gasteiger partial charge in [-0.3, -0.25) is 4.68 Å². The third-order valence-corrected chi connectivity index (χ3v) is 6.53. The number of fused-ring (bicyclic) bond motifs is 2. The quantitative estimate of drug-likeness (QED) is 0.662. The first-order chi connectivity index (χ1) is 14.4. The Morgan fingerprint density at radius 2 is 1.93 bits per heavy atom. The summed E-state index contributed by atoms with van der Waals surface area (Å²) in [7, 11) is 2.02. The molecule has 160 valence electrons. The highest BCUT2D eigenvalue weighted by molar-refractivity contribution is 5.38. The van der Waals surface area contributed by atoms with E-state index in [2.05, 4.69) is 47.0 Å². The molecule has 2 aliphatic heterocycles. The first kappa shape index (κ1) is 19.6. The van der Waals surface area contributed by atoms with Gasteiger partial charge in [-0.1, -0.05) is 20.8 Å². The van der Waals surface area contributed by atoms with Crippen LogP contribution in [0.5, 0.6) is 0 Å². The largest absolute Gasteiger partial charge is 0.372 e. The number of ether oxygens (including phenoxy) is 1. The maximum Gasteiger partial charge on any atom is 0.177 e. The highest BCUT2D eigenvalue weighted by Gasteiger charge is 2.30. The number of nitrogens with zero attached hydrogens (tertiary/aromatic N) is 7. The molecule has 0 aliphatic carbocycles. The Morgan fingerprint density at radius 3 is 2.70 bits per heavy atom. The standard InChI is InChI=1S/C22H31N7O/c1-22(2,3)19-5-6-20-24-25-21(29(20)26-19)15-7-10-28(11-8-15)14-18-16-13-23-27(4)17(16)9-12-30-18/h5-6,13,15,18H,7-12,14H2,1-4H3. The van der Waals surface area contributed by atoms with E-state index in [0.717, 1.165) is 62.7 Å². The van der Waals surface area contributed by atoms with Crippen molar-refractivity contribution in [1.82, 2.24) is 34.5 Å². The van der Waals surface area contributed by atoms with Crippen LogP contribution in [0.1, 0.15) is 68.4 Å². The van der Waals surface area contributed by atoms with Gasteiger partial charge in [0.1, 0.15) is 0 Å². The molecule has 0 bridgehead atoms. The van der Waals surface area contributed by atoms with E-state index in [9.17, 15) is 0 Å². The van der Waals surface area contributed by atoms with E-state index in [0.29, 0.717) is 5.92 Å². The molecule has 0 aromatic carbocycles. The lowest BCUT2D eigenvalue weighted by molar-refractivity contribution is 0.00984. The summed E-state index contributed by atoms with van der Waals surface area (Å²) in [5.41, 5.74) is 4.48. The molecule has 1 atom stereocenters. The lowest BCUT2D eigenvalue weighted by atomic mass is 9.92. The molecule has 1 unspecified atom stereocenters. The van der Waals surface area contributed by atoms with Gasteiger partial charge in [0, 0.05) is 42.6 Å². The number of aromatic nitrogens is 6. The van der Waals surface area contributed by atoms with Crippen molar-refractivity contribution in [2.45, 2.75) is 57.5 Å². The van der Waals surface area contributed by atoms with Gasteiger partial charge in [-0.25, -0.2) is 0 Å². The van der Waals surface area contributed by atoms with Gasteiger partial charge in [0.2, 0.25) is 0 Å². The summed E-state index contributed by atoms with van der Waals surface area (Å²) in [5, 5.41) is 18.2. The van der Waals surface area contributed by atoms with E-state index < -0.39 is 0 Å². The Morgan fingerprint density at radius 1 is 1.13 bits per heavy atom. The maximum absolute atomic E-state index is 6.09. The number of likely N-dealkylation sites (tertiary alicyclic amines) is 1. The van der Waals surface area contributed by atoms with Gasteiger partial charge in [0.05, 0.1) is 24.6 Å². The minimum absolute atomic E-state index is 0.00421. The van der Waals surface area contributed by atoms with Crippen LogP contribution in [0.25, 0.3) is 5.65 Å². The molecule has 0 spiro atoms. The van der Waals surface area contributed by atoms with Gasteiger partial charge in [0.15, 0.2) is 11.5 Å². The molecule has 0 saturated carbocycles. The van der Waals surface area contributed by atoms with Gasteiger partial charge in [0.25, 0.3) is 0 Å². The molecule has 30 heavy (non-hydrogen) atoms. The molecule has 1 saturated heterocycles. The first-order valence-electron chi connectivity index (χ1n) is 11.0. The van der Waals surface area contributed by atoms with E-state index in [4.69, 9.17) is 9.84 Å². The molecule has 0 amide bonds. The van der Waals surface area contributed by atoms with Gasteiger partial charge < -0.3 is 9.64 Å². The van der Waals surface area contributed by atoms with E-state index in [-0.39, 0.29) is 11.5 Å².